The lowest BCUT2D eigenvalue weighted by Gasteiger charge is -2.17. The number of nitrogens with one attached hydrogen (secondary N) is 2. The van der Waals surface area contributed by atoms with Gasteiger partial charge in [-0.2, -0.15) is 0 Å². The van der Waals surface area contributed by atoms with Crippen LogP contribution in [-0.2, 0) is 11.3 Å². The lowest BCUT2D eigenvalue weighted by molar-refractivity contribution is 0.114. The first kappa shape index (κ1) is 23.1. The molecule has 1 aromatic carbocycles. The van der Waals surface area contributed by atoms with E-state index in [2.05, 4.69) is 23.6 Å². The van der Waals surface area contributed by atoms with Gasteiger partial charge in [0.05, 0.1) is 25.9 Å². The van der Waals surface area contributed by atoms with E-state index in [-0.39, 0.29) is 24.0 Å². The van der Waals surface area contributed by atoms with Crippen LogP contribution in [0.3, 0.4) is 0 Å². The third kappa shape index (κ3) is 6.99. The van der Waals surface area contributed by atoms with Crippen LogP contribution >= 0.6 is 24.0 Å². The zero-order chi connectivity index (χ0) is 18.9. The SMILES string of the molecule is CCNC(=NCc1ccc(OC)c(OC2CCCC2)c1)NCC1CCCO1.I. The molecule has 0 spiro atoms. The summed E-state index contributed by atoms with van der Waals surface area (Å²) in [4.78, 5) is 4.72. The second-order valence-corrected chi connectivity index (χ2v) is 7.22. The first-order chi connectivity index (χ1) is 13.3. The Kier molecular flexibility index (Phi) is 10.2. The number of hydrogen-bond donors (Lipinski definition) is 2. The monoisotopic (exact) mass is 503 g/mol. The summed E-state index contributed by atoms with van der Waals surface area (Å²) in [6.45, 7) is 5.16. The van der Waals surface area contributed by atoms with Gasteiger partial charge in [-0.05, 0) is 63.1 Å². The van der Waals surface area contributed by atoms with Crippen LogP contribution < -0.4 is 20.1 Å². The Labute approximate surface area is 185 Å². The predicted octanol–water partition coefficient (Wildman–Crippen LogP) is 3.87. The Bertz CT molecular complexity index is 615. The Hall–Kier alpha value is -1.22. The number of ether oxygens (including phenoxy) is 3. The van der Waals surface area contributed by atoms with Gasteiger partial charge in [0.1, 0.15) is 0 Å². The van der Waals surface area contributed by atoms with Gasteiger partial charge in [0, 0.05) is 19.7 Å². The van der Waals surface area contributed by atoms with E-state index in [4.69, 9.17) is 19.2 Å². The molecule has 1 aromatic rings. The van der Waals surface area contributed by atoms with E-state index in [0.717, 1.165) is 68.4 Å². The molecule has 28 heavy (non-hydrogen) atoms. The van der Waals surface area contributed by atoms with Crippen molar-refractivity contribution < 1.29 is 14.2 Å². The van der Waals surface area contributed by atoms with E-state index in [1.54, 1.807) is 7.11 Å². The summed E-state index contributed by atoms with van der Waals surface area (Å²) in [5.74, 6) is 2.44. The second-order valence-electron chi connectivity index (χ2n) is 7.22. The van der Waals surface area contributed by atoms with Crippen LogP contribution in [0.5, 0.6) is 11.5 Å². The van der Waals surface area contributed by atoms with Gasteiger partial charge in [0.15, 0.2) is 17.5 Å². The lowest BCUT2D eigenvalue weighted by Crippen LogP contribution is -2.41. The molecule has 1 saturated heterocycles. The van der Waals surface area contributed by atoms with Crippen molar-refractivity contribution in [2.75, 3.05) is 26.8 Å². The van der Waals surface area contributed by atoms with Gasteiger partial charge in [-0.3, -0.25) is 0 Å². The number of methoxy groups -OCH3 is 1. The average Bonchev–Trinajstić information content (AvgIpc) is 3.38. The minimum Gasteiger partial charge on any atom is -0.493 e. The summed E-state index contributed by atoms with van der Waals surface area (Å²) in [5.41, 5.74) is 1.11. The van der Waals surface area contributed by atoms with Crippen molar-refractivity contribution in [3.63, 3.8) is 0 Å². The molecule has 1 aliphatic carbocycles. The van der Waals surface area contributed by atoms with Crippen molar-refractivity contribution in [3.8, 4) is 11.5 Å². The van der Waals surface area contributed by atoms with Crippen molar-refractivity contribution in [1.29, 1.82) is 0 Å². The maximum atomic E-state index is 6.19. The number of rotatable bonds is 8. The van der Waals surface area contributed by atoms with Crippen molar-refractivity contribution >= 4 is 29.9 Å². The van der Waals surface area contributed by atoms with Gasteiger partial charge in [-0.25, -0.2) is 4.99 Å². The Morgan fingerprint density at radius 2 is 1.96 bits per heavy atom. The van der Waals surface area contributed by atoms with Gasteiger partial charge < -0.3 is 24.8 Å². The van der Waals surface area contributed by atoms with Crippen molar-refractivity contribution in [3.05, 3.63) is 23.8 Å². The first-order valence-electron chi connectivity index (χ1n) is 10.3. The van der Waals surface area contributed by atoms with Gasteiger partial charge >= 0.3 is 0 Å². The second kappa shape index (κ2) is 12.4. The van der Waals surface area contributed by atoms with Gasteiger partial charge in [0.25, 0.3) is 0 Å². The Balaban J connectivity index is 0.00000280. The number of benzene rings is 1. The molecular formula is C21H34IN3O3. The smallest absolute Gasteiger partial charge is 0.191 e. The average molecular weight is 503 g/mol. The highest BCUT2D eigenvalue weighted by molar-refractivity contribution is 14.0. The molecule has 2 aliphatic rings. The highest BCUT2D eigenvalue weighted by atomic mass is 127. The first-order valence-corrected chi connectivity index (χ1v) is 10.3. The molecule has 1 unspecified atom stereocenters. The van der Waals surface area contributed by atoms with Crippen molar-refractivity contribution in [1.82, 2.24) is 10.6 Å². The van der Waals surface area contributed by atoms with Crippen LogP contribution in [0.25, 0.3) is 0 Å². The maximum absolute atomic E-state index is 6.19. The van der Waals surface area contributed by atoms with E-state index in [1.807, 2.05) is 12.1 Å². The lowest BCUT2D eigenvalue weighted by atomic mass is 10.2. The third-order valence-electron chi connectivity index (χ3n) is 5.11. The van der Waals surface area contributed by atoms with Crippen LogP contribution in [0.1, 0.15) is 51.0 Å². The van der Waals surface area contributed by atoms with Crippen molar-refractivity contribution in [2.45, 2.75) is 64.2 Å². The van der Waals surface area contributed by atoms with Gasteiger partial charge in [-0.15, -0.1) is 24.0 Å². The minimum absolute atomic E-state index is 0. The molecule has 0 bridgehead atoms. The Morgan fingerprint density at radius 3 is 2.64 bits per heavy atom. The van der Waals surface area contributed by atoms with Crippen LogP contribution in [0.15, 0.2) is 23.2 Å². The van der Waals surface area contributed by atoms with E-state index in [1.165, 1.54) is 12.8 Å². The van der Waals surface area contributed by atoms with E-state index in [0.29, 0.717) is 18.8 Å². The summed E-state index contributed by atoms with van der Waals surface area (Å²) in [5, 5.41) is 6.69. The van der Waals surface area contributed by atoms with E-state index in [9.17, 15) is 0 Å². The molecule has 6 nitrogen and oxygen atoms in total. The molecule has 0 radical (unpaired) electrons. The topological polar surface area (TPSA) is 64.1 Å². The highest BCUT2D eigenvalue weighted by Crippen LogP contribution is 2.32. The maximum Gasteiger partial charge on any atom is 0.191 e. The summed E-state index contributed by atoms with van der Waals surface area (Å²) >= 11 is 0. The van der Waals surface area contributed by atoms with Crippen LogP contribution in [0, 0.1) is 0 Å². The molecule has 1 atom stereocenters. The number of nitrogens with zero attached hydrogens (tertiary/aromatic N) is 1. The minimum atomic E-state index is 0. The van der Waals surface area contributed by atoms with Crippen LogP contribution in [-0.4, -0.2) is 45.0 Å². The molecule has 2 N–H and O–H groups in total. The highest BCUT2D eigenvalue weighted by Gasteiger charge is 2.19. The largest absolute Gasteiger partial charge is 0.493 e. The number of hydrogen-bond acceptors (Lipinski definition) is 4. The predicted molar refractivity (Wildman–Crippen MR) is 123 cm³/mol. The molecule has 3 rings (SSSR count). The number of aliphatic imine (C=N–C) groups is 1. The molecule has 1 aliphatic heterocycles. The molecule has 1 heterocycles. The molecule has 0 amide bonds. The van der Waals surface area contributed by atoms with E-state index < -0.39 is 0 Å². The quantitative estimate of drug-likeness (QED) is 0.321. The zero-order valence-corrected chi connectivity index (χ0v) is 19.4. The molecule has 0 aromatic heterocycles. The third-order valence-corrected chi connectivity index (χ3v) is 5.11. The number of halogens is 1. The molecule has 7 heteroatoms. The van der Waals surface area contributed by atoms with E-state index >= 15 is 0 Å². The molecular weight excluding hydrogens is 469 g/mol. The van der Waals surface area contributed by atoms with Gasteiger partial charge in [-0.1, -0.05) is 6.07 Å². The van der Waals surface area contributed by atoms with Gasteiger partial charge in [0.2, 0.25) is 0 Å². The Morgan fingerprint density at radius 1 is 1.14 bits per heavy atom. The fourth-order valence-electron chi connectivity index (χ4n) is 3.63. The number of guanidine groups is 1. The summed E-state index contributed by atoms with van der Waals surface area (Å²) in [6.07, 6.45) is 7.62. The summed E-state index contributed by atoms with van der Waals surface area (Å²) in [7, 11) is 1.69. The summed E-state index contributed by atoms with van der Waals surface area (Å²) < 4.78 is 17.3. The molecule has 2 fully saturated rings. The fourth-order valence-corrected chi connectivity index (χ4v) is 3.63. The fraction of sp³-hybridized carbons (Fsp3) is 0.667. The zero-order valence-electron chi connectivity index (χ0n) is 17.0. The summed E-state index contributed by atoms with van der Waals surface area (Å²) in [6, 6.07) is 6.08. The van der Waals surface area contributed by atoms with Crippen molar-refractivity contribution in [2.24, 2.45) is 4.99 Å². The van der Waals surface area contributed by atoms with Crippen LogP contribution in [0.4, 0.5) is 0 Å². The normalized spacial score (nSPS) is 19.9. The standard InChI is InChI=1S/C21H33N3O3.HI/c1-3-22-21(24-15-18-9-6-12-26-18)23-14-16-10-11-19(25-2)20(13-16)27-17-7-4-5-8-17;/h10-11,13,17-18H,3-9,12,14-15H2,1-2H3,(H2,22,23,24);1H. The molecule has 1 saturated carbocycles. The molecule has 158 valence electrons. The van der Waals surface area contributed by atoms with Crippen LogP contribution in [0.2, 0.25) is 0 Å².